The summed E-state index contributed by atoms with van der Waals surface area (Å²) in [5.41, 5.74) is 3.66. The van der Waals surface area contributed by atoms with E-state index in [4.69, 9.17) is 15.8 Å². The standard InChI is InChI=1S/C4H4BF3N2O2S/c6-4(7,8)1-2(5(11)12)13-3(9)10-1/h11-12H,(H2,9,10). The van der Waals surface area contributed by atoms with E-state index < -0.39 is 23.8 Å². The highest BCUT2D eigenvalue weighted by Gasteiger charge is 2.40. The molecule has 0 unspecified atom stereocenters. The number of alkyl halides is 3. The molecular formula is C4H4BF3N2O2S. The third-order valence-corrected chi connectivity index (χ3v) is 2.10. The van der Waals surface area contributed by atoms with E-state index >= 15 is 0 Å². The van der Waals surface area contributed by atoms with Gasteiger partial charge < -0.3 is 15.8 Å². The van der Waals surface area contributed by atoms with Crippen molar-refractivity contribution in [2.45, 2.75) is 6.18 Å². The maximum absolute atomic E-state index is 12.1. The van der Waals surface area contributed by atoms with Crippen LogP contribution in [0.1, 0.15) is 5.69 Å². The second kappa shape index (κ2) is 3.16. The molecule has 1 aromatic rings. The summed E-state index contributed by atoms with van der Waals surface area (Å²) in [6.07, 6.45) is -4.72. The number of aromatic nitrogens is 1. The molecule has 9 heteroatoms. The molecule has 0 amide bonds. The lowest BCUT2D eigenvalue weighted by atomic mass is 9.87. The van der Waals surface area contributed by atoms with E-state index in [1.807, 2.05) is 0 Å². The molecule has 0 saturated carbocycles. The first-order chi connectivity index (χ1) is 5.82. The minimum Gasteiger partial charge on any atom is -0.423 e. The number of hydrogen-bond donors (Lipinski definition) is 3. The molecule has 0 spiro atoms. The zero-order valence-corrected chi connectivity index (χ0v) is 6.85. The average Bonchev–Trinajstić information content (AvgIpc) is 2.29. The SMILES string of the molecule is Nc1nc(C(F)(F)F)c(B(O)O)s1. The number of halogens is 3. The van der Waals surface area contributed by atoms with Crippen LogP contribution in [0, 0.1) is 0 Å². The monoisotopic (exact) mass is 212 g/mol. The van der Waals surface area contributed by atoms with Gasteiger partial charge in [0.15, 0.2) is 10.8 Å². The van der Waals surface area contributed by atoms with Crippen molar-refractivity contribution in [3.8, 4) is 0 Å². The van der Waals surface area contributed by atoms with Crippen molar-refractivity contribution < 1.29 is 23.2 Å². The molecule has 0 fully saturated rings. The zero-order chi connectivity index (χ0) is 10.2. The maximum atomic E-state index is 12.1. The summed E-state index contributed by atoms with van der Waals surface area (Å²) in [6.45, 7) is 0. The molecule has 1 rings (SSSR count). The lowest BCUT2D eigenvalue weighted by Crippen LogP contribution is -2.33. The van der Waals surface area contributed by atoms with Crippen LogP contribution in [-0.2, 0) is 6.18 Å². The molecule has 1 heterocycles. The molecule has 13 heavy (non-hydrogen) atoms. The fraction of sp³-hybridized carbons (Fsp3) is 0.250. The Bertz CT molecular complexity index is 313. The molecule has 0 aromatic carbocycles. The Morgan fingerprint density at radius 1 is 1.38 bits per heavy atom. The third kappa shape index (κ3) is 2.11. The summed E-state index contributed by atoms with van der Waals surface area (Å²) in [5, 5.41) is 16.8. The first-order valence-electron chi connectivity index (χ1n) is 3.02. The number of thiazole rings is 1. The Morgan fingerprint density at radius 3 is 2.23 bits per heavy atom. The maximum Gasteiger partial charge on any atom is 0.501 e. The van der Waals surface area contributed by atoms with Crippen LogP contribution < -0.4 is 10.5 Å². The molecule has 0 aliphatic carbocycles. The van der Waals surface area contributed by atoms with Crippen molar-refractivity contribution in [2.75, 3.05) is 5.73 Å². The van der Waals surface area contributed by atoms with Gasteiger partial charge in [-0.3, -0.25) is 0 Å². The molecule has 0 aliphatic heterocycles. The minimum absolute atomic E-state index is 0.351. The van der Waals surface area contributed by atoms with Crippen molar-refractivity contribution in [3.05, 3.63) is 5.69 Å². The number of hydrogen-bond acceptors (Lipinski definition) is 5. The van der Waals surface area contributed by atoms with E-state index in [-0.39, 0.29) is 5.13 Å². The van der Waals surface area contributed by atoms with Crippen LogP contribution in [0.3, 0.4) is 0 Å². The number of nitrogens with zero attached hydrogens (tertiary/aromatic N) is 1. The lowest BCUT2D eigenvalue weighted by molar-refractivity contribution is -0.139. The van der Waals surface area contributed by atoms with Gasteiger partial charge >= 0.3 is 13.3 Å². The summed E-state index contributed by atoms with van der Waals surface area (Å²) in [6, 6.07) is 0. The van der Waals surface area contributed by atoms with Crippen LogP contribution in [0.15, 0.2) is 0 Å². The molecule has 4 nitrogen and oxygen atoms in total. The molecule has 0 saturated heterocycles. The second-order valence-corrected chi connectivity index (χ2v) is 3.20. The lowest BCUT2D eigenvalue weighted by Gasteiger charge is -2.04. The van der Waals surface area contributed by atoms with Crippen LogP contribution >= 0.6 is 11.3 Å². The summed E-state index contributed by atoms with van der Waals surface area (Å²) in [7, 11) is -2.20. The Balaban J connectivity index is 3.20. The van der Waals surface area contributed by atoms with Gasteiger partial charge in [-0.2, -0.15) is 13.2 Å². The third-order valence-electron chi connectivity index (χ3n) is 1.17. The van der Waals surface area contributed by atoms with E-state index in [2.05, 4.69) is 4.98 Å². The summed E-state index contributed by atoms with van der Waals surface area (Å²) in [4.78, 5) is 2.95. The normalized spacial score (nSPS) is 11.8. The fourth-order valence-electron chi connectivity index (χ4n) is 0.727. The van der Waals surface area contributed by atoms with Crippen LogP contribution in [0.5, 0.6) is 0 Å². The van der Waals surface area contributed by atoms with Crippen LogP contribution in [0.4, 0.5) is 18.3 Å². The van der Waals surface area contributed by atoms with E-state index in [9.17, 15) is 13.2 Å². The van der Waals surface area contributed by atoms with Crippen molar-refractivity contribution in [1.29, 1.82) is 0 Å². The summed E-state index contributed by atoms with van der Waals surface area (Å²) in [5.74, 6) is 0. The predicted molar refractivity (Wildman–Crippen MR) is 41.4 cm³/mol. The van der Waals surface area contributed by atoms with Crippen molar-refractivity contribution in [2.24, 2.45) is 0 Å². The highest BCUT2D eigenvalue weighted by Crippen LogP contribution is 2.29. The van der Waals surface area contributed by atoms with Gasteiger partial charge in [0.05, 0.1) is 4.78 Å². The smallest absolute Gasteiger partial charge is 0.423 e. The molecular weight excluding hydrogens is 208 g/mol. The molecule has 0 aliphatic rings. The van der Waals surface area contributed by atoms with Crippen molar-refractivity contribution in [3.63, 3.8) is 0 Å². The van der Waals surface area contributed by atoms with Gasteiger partial charge in [0, 0.05) is 0 Å². The Morgan fingerprint density at radius 2 is 1.92 bits per heavy atom. The number of anilines is 1. The van der Waals surface area contributed by atoms with Gasteiger partial charge in [-0.15, -0.1) is 11.3 Å². The fourth-order valence-corrected chi connectivity index (χ4v) is 1.45. The predicted octanol–water partition coefficient (Wildman–Crippen LogP) is -0.576. The van der Waals surface area contributed by atoms with E-state index in [0.717, 1.165) is 0 Å². The molecule has 0 atom stereocenters. The highest BCUT2D eigenvalue weighted by atomic mass is 32.1. The van der Waals surface area contributed by atoms with Gasteiger partial charge in [-0.25, -0.2) is 4.98 Å². The van der Waals surface area contributed by atoms with Gasteiger partial charge in [0.2, 0.25) is 0 Å². The Kier molecular flexibility index (Phi) is 2.50. The minimum atomic E-state index is -4.72. The van der Waals surface area contributed by atoms with Gasteiger partial charge in [0.25, 0.3) is 0 Å². The zero-order valence-electron chi connectivity index (χ0n) is 6.04. The summed E-state index contributed by atoms with van der Waals surface area (Å²) >= 11 is 0.396. The van der Waals surface area contributed by atoms with Crippen molar-refractivity contribution >= 4 is 28.4 Å². The first kappa shape index (κ1) is 10.3. The average molecular weight is 212 g/mol. The van der Waals surface area contributed by atoms with Crippen LogP contribution in [0.2, 0.25) is 0 Å². The molecule has 0 bridgehead atoms. The van der Waals surface area contributed by atoms with Gasteiger partial charge in [-0.05, 0) is 0 Å². The summed E-state index contributed by atoms with van der Waals surface area (Å²) < 4.78 is 35.6. The second-order valence-electron chi connectivity index (χ2n) is 2.14. The quantitative estimate of drug-likeness (QED) is 0.544. The Hall–Kier alpha value is -0.795. The van der Waals surface area contributed by atoms with Crippen LogP contribution in [0.25, 0.3) is 0 Å². The van der Waals surface area contributed by atoms with E-state index in [1.54, 1.807) is 0 Å². The Labute approximate surface area is 75.0 Å². The largest absolute Gasteiger partial charge is 0.501 e. The topological polar surface area (TPSA) is 79.4 Å². The van der Waals surface area contributed by atoms with Gasteiger partial charge in [-0.1, -0.05) is 0 Å². The van der Waals surface area contributed by atoms with Gasteiger partial charge in [0.1, 0.15) is 0 Å². The molecule has 4 N–H and O–H groups in total. The number of rotatable bonds is 1. The van der Waals surface area contributed by atoms with Crippen LogP contribution in [-0.4, -0.2) is 22.2 Å². The highest BCUT2D eigenvalue weighted by molar-refractivity contribution is 7.25. The molecule has 0 radical (unpaired) electrons. The van der Waals surface area contributed by atoms with E-state index in [0.29, 0.717) is 11.3 Å². The molecule has 1 aromatic heterocycles. The van der Waals surface area contributed by atoms with Crippen molar-refractivity contribution in [1.82, 2.24) is 4.98 Å². The molecule has 72 valence electrons. The number of nitrogens with two attached hydrogens (primary N) is 1. The number of nitrogen functional groups attached to an aromatic ring is 1. The van der Waals surface area contributed by atoms with E-state index in [1.165, 1.54) is 0 Å². The first-order valence-corrected chi connectivity index (χ1v) is 3.83.